The lowest BCUT2D eigenvalue weighted by molar-refractivity contribution is 0.402. The molecule has 94 valence electrons. The molecule has 0 aromatic heterocycles. The number of phenols is 2. The maximum Gasteiger partial charge on any atom is 0.157 e. The molecule has 2 heteroatoms. The van der Waals surface area contributed by atoms with Gasteiger partial charge in [0.1, 0.15) is 0 Å². The molecule has 0 aliphatic carbocycles. The predicted octanol–water partition coefficient (Wildman–Crippen LogP) is 3.89. The SMILES string of the molecule is CC(C)[C@@H](c1ccccc1)c1ccc(O)c(O)c1. The number of hydrogen-bond acceptors (Lipinski definition) is 2. The Bertz CT molecular complexity index is 518. The summed E-state index contributed by atoms with van der Waals surface area (Å²) in [5.41, 5.74) is 2.24. The minimum atomic E-state index is -0.0747. The Balaban J connectivity index is 2.45. The molecule has 0 unspecified atom stereocenters. The van der Waals surface area contributed by atoms with Gasteiger partial charge in [0.05, 0.1) is 0 Å². The van der Waals surface area contributed by atoms with Crippen LogP contribution in [0.25, 0.3) is 0 Å². The van der Waals surface area contributed by atoms with Crippen LogP contribution in [-0.2, 0) is 0 Å². The topological polar surface area (TPSA) is 40.5 Å². The molecule has 0 aliphatic heterocycles. The van der Waals surface area contributed by atoms with E-state index < -0.39 is 0 Å². The molecular weight excluding hydrogens is 224 g/mol. The summed E-state index contributed by atoms with van der Waals surface area (Å²) in [5.74, 6) is 0.498. The van der Waals surface area contributed by atoms with Crippen LogP contribution in [0.1, 0.15) is 30.9 Å². The van der Waals surface area contributed by atoms with Crippen molar-refractivity contribution in [3.63, 3.8) is 0 Å². The fourth-order valence-corrected chi connectivity index (χ4v) is 2.36. The predicted molar refractivity (Wildman–Crippen MR) is 72.9 cm³/mol. The summed E-state index contributed by atoms with van der Waals surface area (Å²) < 4.78 is 0. The Hall–Kier alpha value is -1.96. The van der Waals surface area contributed by atoms with E-state index in [-0.39, 0.29) is 17.4 Å². The third-order valence-corrected chi connectivity index (χ3v) is 3.18. The summed E-state index contributed by atoms with van der Waals surface area (Å²) >= 11 is 0. The van der Waals surface area contributed by atoms with E-state index in [9.17, 15) is 10.2 Å². The fourth-order valence-electron chi connectivity index (χ4n) is 2.36. The Kier molecular flexibility index (Phi) is 3.56. The van der Waals surface area contributed by atoms with Crippen molar-refractivity contribution in [1.29, 1.82) is 0 Å². The molecule has 2 rings (SSSR count). The highest BCUT2D eigenvalue weighted by molar-refractivity contribution is 5.44. The number of aromatic hydroxyl groups is 2. The Morgan fingerprint density at radius 3 is 2.00 bits per heavy atom. The van der Waals surface area contributed by atoms with Crippen molar-refractivity contribution >= 4 is 0 Å². The zero-order valence-corrected chi connectivity index (χ0v) is 10.7. The molecule has 0 aliphatic rings. The second-order valence-electron chi connectivity index (χ2n) is 4.88. The molecule has 0 saturated carbocycles. The lowest BCUT2D eigenvalue weighted by Crippen LogP contribution is -2.08. The first kappa shape index (κ1) is 12.5. The Morgan fingerprint density at radius 1 is 0.778 bits per heavy atom. The zero-order valence-electron chi connectivity index (χ0n) is 10.7. The molecular formula is C16H18O2. The number of benzene rings is 2. The van der Waals surface area contributed by atoms with Crippen molar-refractivity contribution in [2.24, 2.45) is 5.92 Å². The van der Waals surface area contributed by atoms with Gasteiger partial charge in [0, 0.05) is 5.92 Å². The van der Waals surface area contributed by atoms with Gasteiger partial charge in [-0.2, -0.15) is 0 Å². The first-order chi connectivity index (χ1) is 8.59. The van der Waals surface area contributed by atoms with Gasteiger partial charge < -0.3 is 10.2 Å². The minimum Gasteiger partial charge on any atom is -0.504 e. The van der Waals surface area contributed by atoms with Gasteiger partial charge in [-0.3, -0.25) is 0 Å². The van der Waals surface area contributed by atoms with Crippen LogP contribution in [0.3, 0.4) is 0 Å². The highest BCUT2D eigenvalue weighted by atomic mass is 16.3. The highest BCUT2D eigenvalue weighted by Crippen LogP contribution is 2.35. The van der Waals surface area contributed by atoms with Crippen molar-refractivity contribution in [2.45, 2.75) is 19.8 Å². The van der Waals surface area contributed by atoms with Crippen LogP contribution in [0, 0.1) is 5.92 Å². The minimum absolute atomic E-state index is 0.0610. The number of phenolic OH excluding ortho intramolecular Hbond substituents is 2. The summed E-state index contributed by atoms with van der Waals surface area (Å²) in [7, 11) is 0. The van der Waals surface area contributed by atoms with Gasteiger partial charge in [0.25, 0.3) is 0 Å². The monoisotopic (exact) mass is 242 g/mol. The molecule has 0 radical (unpaired) electrons. The molecule has 2 nitrogen and oxygen atoms in total. The number of rotatable bonds is 3. The zero-order chi connectivity index (χ0) is 13.1. The first-order valence-electron chi connectivity index (χ1n) is 6.16. The van der Waals surface area contributed by atoms with Crippen LogP contribution in [0.5, 0.6) is 11.5 Å². The van der Waals surface area contributed by atoms with Gasteiger partial charge in [0.2, 0.25) is 0 Å². The van der Waals surface area contributed by atoms with E-state index in [0.29, 0.717) is 5.92 Å². The van der Waals surface area contributed by atoms with E-state index in [1.54, 1.807) is 12.1 Å². The van der Waals surface area contributed by atoms with Crippen LogP contribution in [0.15, 0.2) is 48.5 Å². The van der Waals surface area contributed by atoms with Gasteiger partial charge in [-0.05, 0) is 29.2 Å². The normalized spacial score (nSPS) is 12.6. The molecule has 1 atom stereocenters. The molecule has 0 bridgehead atoms. The molecule has 0 heterocycles. The number of hydrogen-bond donors (Lipinski definition) is 2. The average molecular weight is 242 g/mol. The summed E-state index contributed by atoms with van der Waals surface area (Å²) in [5, 5.41) is 19.0. The summed E-state index contributed by atoms with van der Waals surface area (Å²) in [4.78, 5) is 0. The van der Waals surface area contributed by atoms with E-state index in [0.717, 1.165) is 5.56 Å². The van der Waals surface area contributed by atoms with Crippen molar-refractivity contribution < 1.29 is 10.2 Å². The molecule has 2 N–H and O–H groups in total. The lowest BCUT2D eigenvalue weighted by Gasteiger charge is -2.22. The van der Waals surface area contributed by atoms with Crippen molar-refractivity contribution in [3.05, 3.63) is 59.7 Å². The van der Waals surface area contributed by atoms with E-state index in [1.165, 1.54) is 5.56 Å². The maximum absolute atomic E-state index is 9.63. The second kappa shape index (κ2) is 5.13. The van der Waals surface area contributed by atoms with Gasteiger partial charge in [-0.25, -0.2) is 0 Å². The van der Waals surface area contributed by atoms with Gasteiger partial charge >= 0.3 is 0 Å². The van der Waals surface area contributed by atoms with Crippen LogP contribution < -0.4 is 0 Å². The summed E-state index contributed by atoms with van der Waals surface area (Å²) in [6, 6.07) is 15.3. The molecule has 2 aromatic carbocycles. The van der Waals surface area contributed by atoms with Crippen LogP contribution in [-0.4, -0.2) is 10.2 Å². The van der Waals surface area contributed by atoms with Crippen molar-refractivity contribution in [2.75, 3.05) is 0 Å². The Labute approximate surface area is 108 Å². The first-order valence-corrected chi connectivity index (χ1v) is 6.16. The lowest BCUT2D eigenvalue weighted by atomic mass is 9.82. The molecule has 0 amide bonds. The second-order valence-corrected chi connectivity index (χ2v) is 4.88. The van der Waals surface area contributed by atoms with Crippen molar-refractivity contribution in [3.8, 4) is 11.5 Å². The van der Waals surface area contributed by atoms with Gasteiger partial charge in [-0.1, -0.05) is 50.2 Å². The maximum atomic E-state index is 9.63. The molecule has 18 heavy (non-hydrogen) atoms. The van der Waals surface area contributed by atoms with E-state index in [1.807, 2.05) is 24.3 Å². The summed E-state index contributed by atoms with van der Waals surface area (Å²) in [6.07, 6.45) is 0. The Morgan fingerprint density at radius 2 is 1.44 bits per heavy atom. The standard InChI is InChI=1S/C16H18O2/c1-11(2)16(12-6-4-3-5-7-12)13-8-9-14(17)15(18)10-13/h3-11,16-18H,1-2H3/t16-/m0/s1. The molecule has 0 fully saturated rings. The van der Waals surface area contributed by atoms with Crippen molar-refractivity contribution in [1.82, 2.24) is 0 Å². The van der Waals surface area contributed by atoms with E-state index in [2.05, 4.69) is 26.0 Å². The third kappa shape index (κ3) is 2.48. The quantitative estimate of drug-likeness (QED) is 0.802. The fraction of sp³-hybridized carbons (Fsp3) is 0.250. The van der Waals surface area contributed by atoms with Gasteiger partial charge in [-0.15, -0.1) is 0 Å². The average Bonchev–Trinajstić information content (AvgIpc) is 2.35. The largest absolute Gasteiger partial charge is 0.504 e. The highest BCUT2D eigenvalue weighted by Gasteiger charge is 2.18. The summed E-state index contributed by atoms with van der Waals surface area (Å²) in [6.45, 7) is 4.31. The van der Waals surface area contributed by atoms with Crippen LogP contribution in [0.2, 0.25) is 0 Å². The third-order valence-electron chi connectivity index (χ3n) is 3.18. The van der Waals surface area contributed by atoms with Gasteiger partial charge in [0.15, 0.2) is 11.5 Å². The smallest absolute Gasteiger partial charge is 0.157 e. The van der Waals surface area contributed by atoms with E-state index >= 15 is 0 Å². The molecule has 0 saturated heterocycles. The molecule has 0 spiro atoms. The van der Waals surface area contributed by atoms with E-state index in [4.69, 9.17) is 0 Å². The van der Waals surface area contributed by atoms with Crippen LogP contribution >= 0.6 is 0 Å². The molecule has 2 aromatic rings. The van der Waals surface area contributed by atoms with Crippen LogP contribution in [0.4, 0.5) is 0 Å².